The van der Waals surface area contributed by atoms with Gasteiger partial charge in [0, 0.05) is 36.2 Å². The minimum Gasteiger partial charge on any atom is -0.493 e. The van der Waals surface area contributed by atoms with Gasteiger partial charge < -0.3 is 28.6 Å². The summed E-state index contributed by atoms with van der Waals surface area (Å²) in [5, 5.41) is 0. The van der Waals surface area contributed by atoms with E-state index >= 15 is 0 Å². The Morgan fingerprint density at radius 2 is 1.65 bits per heavy atom. The van der Waals surface area contributed by atoms with E-state index in [1.807, 2.05) is 19.1 Å². The Morgan fingerprint density at radius 3 is 2.29 bits per heavy atom. The largest absolute Gasteiger partial charge is 0.493 e. The van der Waals surface area contributed by atoms with Gasteiger partial charge in [-0.25, -0.2) is 0 Å². The van der Waals surface area contributed by atoms with Crippen LogP contribution in [0.15, 0.2) is 24.3 Å². The molecule has 0 saturated carbocycles. The molecule has 0 unspecified atom stereocenters. The fourth-order valence-corrected chi connectivity index (χ4v) is 4.52. The van der Waals surface area contributed by atoms with Crippen LogP contribution in [0.5, 0.6) is 11.5 Å². The molecule has 1 aromatic heterocycles. The van der Waals surface area contributed by atoms with Gasteiger partial charge in [0.15, 0.2) is 11.5 Å². The van der Waals surface area contributed by atoms with E-state index in [4.69, 9.17) is 14.2 Å². The number of ether oxygens (including phenoxy) is 3. The molecule has 1 aliphatic heterocycles. The fraction of sp³-hybridized carbons (Fsp3) is 0.542. The zero-order chi connectivity index (χ0) is 22.4. The molecule has 1 aliphatic rings. The Kier molecular flexibility index (Phi) is 8.12. The number of benzene rings is 1. The van der Waals surface area contributed by atoms with Crippen molar-refractivity contribution in [3.63, 3.8) is 0 Å². The highest BCUT2D eigenvalue weighted by Gasteiger charge is 2.27. The number of carbonyl (C=O) groups is 1. The first-order valence-corrected chi connectivity index (χ1v) is 11.0. The first kappa shape index (κ1) is 23.3. The number of Topliss-reactive ketones (excluding diaryl/α,β-unsaturated/α-hetero) is 1. The van der Waals surface area contributed by atoms with E-state index in [0.29, 0.717) is 13.2 Å². The van der Waals surface area contributed by atoms with E-state index < -0.39 is 0 Å². The zero-order valence-electron chi connectivity index (χ0n) is 19.5. The maximum Gasteiger partial charge on any atom is 0.218 e. The molecule has 1 saturated heterocycles. The standard InChI is InChI=1S/C24H35N3O4/c1-18-14-21(19(2)27(18)12-13-29-3)22(28)17-26-10-8-25(9-11-26)16-20-6-7-23(30-4)24(15-20)31-5/h6-7,14-15H,8-13,16-17H2,1-5H3/p+2. The molecule has 7 heteroatoms. The third-order valence-corrected chi connectivity index (χ3v) is 6.37. The number of nitrogens with one attached hydrogen (secondary N) is 2. The van der Waals surface area contributed by atoms with E-state index in [2.05, 4.69) is 23.6 Å². The van der Waals surface area contributed by atoms with Crippen LogP contribution in [0.1, 0.15) is 27.3 Å². The second-order valence-corrected chi connectivity index (χ2v) is 8.40. The van der Waals surface area contributed by atoms with Crippen LogP contribution in [0.3, 0.4) is 0 Å². The maximum atomic E-state index is 13.0. The van der Waals surface area contributed by atoms with Crippen LogP contribution < -0.4 is 19.3 Å². The van der Waals surface area contributed by atoms with Crippen molar-refractivity contribution in [2.45, 2.75) is 26.9 Å². The second kappa shape index (κ2) is 10.8. The van der Waals surface area contributed by atoms with Crippen molar-refractivity contribution in [1.82, 2.24) is 4.57 Å². The van der Waals surface area contributed by atoms with Crippen molar-refractivity contribution in [3.05, 3.63) is 46.8 Å². The van der Waals surface area contributed by atoms with Crippen molar-refractivity contribution in [1.29, 1.82) is 0 Å². The monoisotopic (exact) mass is 431 g/mol. The summed E-state index contributed by atoms with van der Waals surface area (Å²) >= 11 is 0. The molecular formula is C24H37N3O4+2. The number of quaternary nitrogens is 2. The lowest BCUT2D eigenvalue weighted by Crippen LogP contribution is -3.27. The smallest absolute Gasteiger partial charge is 0.218 e. The highest BCUT2D eigenvalue weighted by Crippen LogP contribution is 2.27. The number of nitrogens with zero attached hydrogens (tertiary/aromatic N) is 1. The van der Waals surface area contributed by atoms with E-state index in [1.54, 1.807) is 26.2 Å². The third kappa shape index (κ3) is 5.67. The molecule has 0 spiro atoms. The second-order valence-electron chi connectivity index (χ2n) is 8.40. The first-order chi connectivity index (χ1) is 15.0. The number of piperazine rings is 1. The lowest BCUT2D eigenvalue weighted by atomic mass is 10.1. The Hall–Kier alpha value is -2.35. The van der Waals surface area contributed by atoms with Crippen LogP contribution in [-0.4, -0.2) is 71.0 Å². The molecule has 1 fully saturated rings. The summed E-state index contributed by atoms with van der Waals surface area (Å²) in [4.78, 5) is 15.9. The van der Waals surface area contributed by atoms with Gasteiger partial charge in [0.1, 0.15) is 39.3 Å². The van der Waals surface area contributed by atoms with Crippen molar-refractivity contribution in [2.24, 2.45) is 0 Å². The molecule has 31 heavy (non-hydrogen) atoms. The average molecular weight is 432 g/mol. The number of aryl methyl sites for hydroxylation is 1. The molecule has 170 valence electrons. The predicted octanol–water partition coefficient (Wildman–Crippen LogP) is -0.0652. The van der Waals surface area contributed by atoms with E-state index in [9.17, 15) is 4.79 Å². The molecule has 0 amide bonds. The Morgan fingerprint density at radius 1 is 0.968 bits per heavy atom. The summed E-state index contributed by atoms with van der Waals surface area (Å²) in [6.07, 6.45) is 0. The van der Waals surface area contributed by atoms with Gasteiger partial charge in [-0.15, -0.1) is 0 Å². The summed E-state index contributed by atoms with van der Waals surface area (Å²) < 4.78 is 18.1. The van der Waals surface area contributed by atoms with Gasteiger partial charge in [-0.2, -0.15) is 0 Å². The van der Waals surface area contributed by atoms with Gasteiger partial charge in [-0.05, 0) is 38.1 Å². The molecule has 7 nitrogen and oxygen atoms in total. The molecule has 0 bridgehead atoms. The molecule has 1 aromatic carbocycles. The summed E-state index contributed by atoms with van der Waals surface area (Å²) in [5.41, 5.74) is 4.28. The van der Waals surface area contributed by atoms with E-state index in [0.717, 1.165) is 67.7 Å². The first-order valence-electron chi connectivity index (χ1n) is 11.0. The highest BCUT2D eigenvalue weighted by molar-refractivity contribution is 5.98. The Balaban J connectivity index is 1.53. The molecule has 3 rings (SSSR count). The van der Waals surface area contributed by atoms with Crippen LogP contribution in [0.4, 0.5) is 0 Å². The minimum atomic E-state index is 0.245. The van der Waals surface area contributed by atoms with Gasteiger partial charge in [0.25, 0.3) is 0 Å². The molecule has 0 aliphatic carbocycles. The molecule has 0 atom stereocenters. The summed E-state index contributed by atoms with van der Waals surface area (Å²) in [6, 6.07) is 8.17. The number of ketones is 1. The number of hydrogen-bond donors (Lipinski definition) is 2. The Labute approximate surface area is 185 Å². The quantitative estimate of drug-likeness (QED) is 0.518. The zero-order valence-corrected chi connectivity index (χ0v) is 19.5. The number of carbonyl (C=O) groups excluding carboxylic acids is 1. The summed E-state index contributed by atoms with van der Waals surface area (Å²) in [6.45, 7) is 11.2. The Bertz CT molecular complexity index is 885. The SMILES string of the molecule is COCCn1c(C)cc(C(=O)C[NH+]2CC[NH+](Cc3ccc(OC)c(OC)c3)CC2)c1C. The van der Waals surface area contributed by atoms with Gasteiger partial charge in [0.2, 0.25) is 5.78 Å². The molecule has 2 heterocycles. The van der Waals surface area contributed by atoms with Crippen LogP contribution in [0.25, 0.3) is 0 Å². The normalized spacial score (nSPS) is 18.7. The number of aromatic nitrogens is 1. The van der Waals surface area contributed by atoms with Crippen LogP contribution in [0.2, 0.25) is 0 Å². The average Bonchev–Trinajstić information content (AvgIpc) is 3.06. The fourth-order valence-electron chi connectivity index (χ4n) is 4.52. The number of hydrogen-bond acceptors (Lipinski definition) is 4. The highest BCUT2D eigenvalue weighted by atomic mass is 16.5. The summed E-state index contributed by atoms with van der Waals surface area (Å²) in [7, 11) is 5.03. The number of rotatable bonds is 10. The molecular weight excluding hydrogens is 394 g/mol. The number of methoxy groups -OCH3 is 3. The lowest BCUT2D eigenvalue weighted by Gasteiger charge is -2.29. The van der Waals surface area contributed by atoms with Gasteiger partial charge in [0.05, 0.1) is 20.8 Å². The molecule has 2 aromatic rings. The van der Waals surface area contributed by atoms with Crippen LogP contribution in [0, 0.1) is 13.8 Å². The topological polar surface area (TPSA) is 58.6 Å². The lowest BCUT2D eigenvalue weighted by molar-refractivity contribution is -1.01. The third-order valence-electron chi connectivity index (χ3n) is 6.37. The van der Waals surface area contributed by atoms with Crippen molar-refractivity contribution < 1.29 is 28.8 Å². The van der Waals surface area contributed by atoms with Gasteiger partial charge >= 0.3 is 0 Å². The van der Waals surface area contributed by atoms with Crippen LogP contribution in [-0.2, 0) is 17.8 Å². The predicted molar refractivity (Wildman–Crippen MR) is 120 cm³/mol. The van der Waals surface area contributed by atoms with Gasteiger partial charge in [-0.1, -0.05) is 0 Å². The van der Waals surface area contributed by atoms with Crippen molar-refractivity contribution in [3.8, 4) is 11.5 Å². The summed E-state index contributed by atoms with van der Waals surface area (Å²) in [5.74, 6) is 1.78. The maximum absolute atomic E-state index is 13.0. The van der Waals surface area contributed by atoms with E-state index in [-0.39, 0.29) is 5.78 Å². The molecule has 0 radical (unpaired) electrons. The minimum absolute atomic E-state index is 0.245. The molecule has 2 N–H and O–H groups in total. The van der Waals surface area contributed by atoms with Crippen molar-refractivity contribution >= 4 is 5.78 Å². The van der Waals surface area contributed by atoms with E-state index in [1.165, 1.54) is 10.5 Å². The van der Waals surface area contributed by atoms with Gasteiger partial charge in [-0.3, -0.25) is 4.79 Å². The van der Waals surface area contributed by atoms with Crippen molar-refractivity contribution in [2.75, 3.05) is 60.7 Å². The van der Waals surface area contributed by atoms with Crippen LogP contribution >= 0.6 is 0 Å².